The molecule has 3 nitrogen and oxygen atoms in total. The van der Waals surface area contributed by atoms with Crippen LogP contribution in [0.25, 0.3) is 0 Å². The lowest BCUT2D eigenvalue weighted by Gasteiger charge is -2.09. The Morgan fingerprint density at radius 1 is 0.947 bits per heavy atom. The normalized spacial score (nSPS) is 11.3. The van der Waals surface area contributed by atoms with E-state index in [1.807, 2.05) is 13.8 Å². The zero-order valence-corrected chi connectivity index (χ0v) is 12.1. The topological polar surface area (TPSA) is 43.4 Å². The molecule has 0 aliphatic heterocycles. The maximum Gasteiger partial charge on any atom is 0.339 e. The predicted octanol–water partition coefficient (Wildman–Crippen LogP) is 3.72. The number of hydrogen-bond donors (Lipinski definition) is 0. The van der Waals surface area contributed by atoms with Crippen LogP contribution >= 0.6 is 11.6 Å². The molecular formula is C14H13ClO3S. The van der Waals surface area contributed by atoms with Crippen LogP contribution in [0.5, 0.6) is 5.75 Å². The standard InChI is InChI=1S/C14H13ClO3S/c1-10-3-6-12(7-4-10)19(16,17)18-14-8-5-11(2)9-13(14)15/h3-9H,1-2H3. The van der Waals surface area contributed by atoms with Gasteiger partial charge in [-0.05, 0) is 43.7 Å². The van der Waals surface area contributed by atoms with E-state index in [0.717, 1.165) is 11.1 Å². The molecule has 0 N–H and O–H groups in total. The quantitative estimate of drug-likeness (QED) is 0.811. The molecule has 0 saturated heterocycles. The van der Waals surface area contributed by atoms with E-state index in [9.17, 15) is 8.42 Å². The molecule has 0 aliphatic carbocycles. The Morgan fingerprint density at radius 2 is 1.53 bits per heavy atom. The maximum atomic E-state index is 12.1. The third kappa shape index (κ3) is 3.28. The van der Waals surface area contributed by atoms with Crippen molar-refractivity contribution < 1.29 is 12.6 Å². The van der Waals surface area contributed by atoms with Crippen molar-refractivity contribution in [3.63, 3.8) is 0 Å². The van der Waals surface area contributed by atoms with E-state index >= 15 is 0 Å². The molecule has 2 aromatic carbocycles. The van der Waals surface area contributed by atoms with Crippen LogP contribution in [0.1, 0.15) is 11.1 Å². The summed E-state index contributed by atoms with van der Waals surface area (Å²) < 4.78 is 29.2. The second-order valence-electron chi connectivity index (χ2n) is 4.28. The van der Waals surface area contributed by atoms with Crippen LogP contribution in [-0.2, 0) is 10.1 Å². The van der Waals surface area contributed by atoms with Crippen LogP contribution in [0.15, 0.2) is 47.4 Å². The van der Waals surface area contributed by atoms with Crippen molar-refractivity contribution in [2.45, 2.75) is 18.7 Å². The Kier molecular flexibility index (Phi) is 3.83. The fourth-order valence-electron chi connectivity index (χ4n) is 1.54. The molecule has 19 heavy (non-hydrogen) atoms. The monoisotopic (exact) mass is 296 g/mol. The Bertz CT molecular complexity index is 691. The number of benzene rings is 2. The lowest BCUT2D eigenvalue weighted by atomic mass is 10.2. The summed E-state index contributed by atoms with van der Waals surface area (Å²) in [6.45, 7) is 3.75. The maximum absolute atomic E-state index is 12.1. The first-order valence-electron chi connectivity index (χ1n) is 5.66. The summed E-state index contributed by atoms with van der Waals surface area (Å²) in [6, 6.07) is 11.4. The number of hydrogen-bond acceptors (Lipinski definition) is 3. The minimum atomic E-state index is -3.85. The highest BCUT2D eigenvalue weighted by molar-refractivity contribution is 7.87. The summed E-state index contributed by atoms with van der Waals surface area (Å²) in [7, 11) is -3.85. The molecule has 0 unspecified atom stereocenters. The van der Waals surface area contributed by atoms with E-state index in [1.54, 1.807) is 30.3 Å². The van der Waals surface area contributed by atoms with Crippen molar-refractivity contribution in [1.82, 2.24) is 0 Å². The summed E-state index contributed by atoms with van der Waals surface area (Å²) in [6.07, 6.45) is 0. The molecule has 2 aromatic rings. The Hall–Kier alpha value is -1.52. The molecule has 0 radical (unpaired) electrons. The first-order valence-corrected chi connectivity index (χ1v) is 7.44. The lowest BCUT2D eigenvalue weighted by molar-refractivity contribution is 0.486. The molecule has 0 atom stereocenters. The smallest absolute Gasteiger partial charge is 0.339 e. The van der Waals surface area contributed by atoms with Gasteiger partial charge in [-0.15, -0.1) is 0 Å². The Labute approximate surface area is 117 Å². The molecule has 2 rings (SSSR count). The second kappa shape index (κ2) is 5.23. The first-order chi connectivity index (χ1) is 8.88. The van der Waals surface area contributed by atoms with Gasteiger partial charge in [0.15, 0.2) is 5.75 Å². The van der Waals surface area contributed by atoms with Gasteiger partial charge in [0.1, 0.15) is 4.90 Å². The molecule has 100 valence electrons. The van der Waals surface area contributed by atoms with Crippen molar-refractivity contribution in [2.24, 2.45) is 0 Å². The van der Waals surface area contributed by atoms with Gasteiger partial charge < -0.3 is 4.18 Å². The molecule has 0 heterocycles. The predicted molar refractivity (Wildman–Crippen MR) is 75.2 cm³/mol. The van der Waals surface area contributed by atoms with E-state index in [1.165, 1.54) is 12.1 Å². The molecule has 0 bridgehead atoms. The van der Waals surface area contributed by atoms with Crippen molar-refractivity contribution in [2.75, 3.05) is 0 Å². The minimum absolute atomic E-state index is 0.106. The zero-order chi connectivity index (χ0) is 14.0. The fourth-order valence-corrected chi connectivity index (χ4v) is 2.81. The SMILES string of the molecule is Cc1ccc(S(=O)(=O)Oc2ccc(C)cc2Cl)cc1. The highest BCUT2D eigenvalue weighted by atomic mass is 35.5. The van der Waals surface area contributed by atoms with E-state index in [0.29, 0.717) is 0 Å². The van der Waals surface area contributed by atoms with E-state index in [-0.39, 0.29) is 15.7 Å². The molecule has 0 spiro atoms. The third-order valence-electron chi connectivity index (χ3n) is 2.60. The first kappa shape index (κ1) is 13.9. The van der Waals surface area contributed by atoms with Crippen LogP contribution in [0, 0.1) is 13.8 Å². The molecule has 0 saturated carbocycles. The van der Waals surface area contributed by atoms with Gasteiger partial charge in [-0.25, -0.2) is 0 Å². The van der Waals surface area contributed by atoms with Crippen LogP contribution in [0.2, 0.25) is 5.02 Å². The third-order valence-corrected chi connectivity index (χ3v) is 4.14. The van der Waals surface area contributed by atoms with Gasteiger partial charge in [0, 0.05) is 0 Å². The van der Waals surface area contributed by atoms with Crippen LogP contribution in [0.3, 0.4) is 0 Å². The molecular weight excluding hydrogens is 284 g/mol. The number of halogens is 1. The summed E-state index contributed by atoms with van der Waals surface area (Å²) >= 11 is 5.96. The summed E-state index contributed by atoms with van der Waals surface area (Å²) in [5.74, 6) is 0.132. The van der Waals surface area contributed by atoms with Gasteiger partial charge in [-0.2, -0.15) is 8.42 Å². The number of aryl methyl sites for hydroxylation is 2. The van der Waals surface area contributed by atoms with Gasteiger partial charge in [-0.1, -0.05) is 35.4 Å². The minimum Gasteiger partial charge on any atom is -0.377 e. The zero-order valence-electron chi connectivity index (χ0n) is 10.6. The van der Waals surface area contributed by atoms with Crippen LogP contribution in [-0.4, -0.2) is 8.42 Å². The van der Waals surface area contributed by atoms with Gasteiger partial charge >= 0.3 is 10.1 Å². The van der Waals surface area contributed by atoms with Gasteiger partial charge in [0.2, 0.25) is 0 Å². The fraction of sp³-hybridized carbons (Fsp3) is 0.143. The van der Waals surface area contributed by atoms with Crippen LogP contribution < -0.4 is 4.18 Å². The van der Waals surface area contributed by atoms with E-state index in [2.05, 4.69) is 0 Å². The second-order valence-corrected chi connectivity index (χ2v) is 6.24. The van der Waals surface area contributed by atoms with Gasteiger partial charge in [0.25, 0.3) is 0 Å². The molecule has 0 fully saturated rings. The van der Waals surface area contributed by atoms with Crippen molar-refractivity contribution in [3.05, 3.63) is 58.6 Å². The van der Waals surface area contributed by atoms with Crippen molar-refractivity contribution in [1.29, 1.82) is 0 Å². The van der Waals surface area contributed by atoms with E-state index in [4.69, 9.17) is 15.8 Å². The highest BCUT2D eigenvalue weighted by Gasteiger charge is 2.17. The van der Waals surface area contributed by atoms with Crippen molar-refractivity contribution in [3.8, 4) is 5.75 Å². The Balaban J connectivity index is 2.33. The average Bonchev–Trinajstić information content (AvgIpc) is 2.33. The van der Waals surface area contributed by atoms with Gasteiger partial charge in [0.05, 0.1) is 5.02 Å². The summed E-state index contributed by atoms with van der Waals surface area (Å²) in [5.41, 5.74) is 1.91. The van der Waals surface area contributed by atoms with E-state index < -0.39 is 10.1 Å². The molecule has 5 heteroatoms. The highest BCUT2D eigenvalue weighted by Crippen LogP contribution is 2.28. The van der Waals surface area contributed by atoms with Crippen LogP contribution in [0.4, 0.5) is 0 Å². The summed E-state index contributed by atoms with van der Waals surface area (Å²) in [5, 5.41) is 0.274. The van der Waals surface area contributed by atoms with Crippen molar-refractivity contribution >= 4 is 21.7 Å². The molecule has 0 aromatic heterocycles. The summed E-state index contributed by atoms with van der Waals surface area (Å²) in [4.78, 5) is 0.106. The van der Waals surface area contributed by atoms with Gasteiger partial charge in [-0.3, -0.25) is 0 Å². The average molecular weight is 297 g/mol. The molecule has 0 amide bonds. The molecule has 0 aliphatic rings. The number of rotatable bonds is 3. The lowest BCUT2D eigenvalue weighted by Crippen LogP contribution is -2.10. The Morgan fingerprint density at radius 3 is 2.11 bits per heavy atom. The largest absolute Gasteiger partial charge is 0.377 e.